The average Bonchev–Trinajstić information content (AvgIpc) is 1.94. The van der Waals surface area contributed by atoms with Crippen molar-refractivity contribution in [2.45, 2.75) is 6.92 Å². The van der Waals surface area contributed by atoms with E-state index in [0.29, 0.717) is 0 Å². The first-order valence-electron chi connectivity index (χ1n) is 2.97. The van der Waals surface area contributed by atoms with E-state index in [0.717, 1.165) is 22.2 Å². The smallest absolute Gasteiger partial charge is 0.110 e. The zero-order valence-electron chi connectivity index (χ0n) is 5.63. The molecule has 0 aliphatic carbocycles. The second kappa shape index (κ2) is 3.17. The van der Waals surface area contributed by atoms with Crippen LogP contribution in [0.15, 0.2) is 22.7 Å². The fourth-order valence-electron chi connectivity index (χ4n) is 0.762. The van der Waals surface area contributed by atoms with Crippen molar-refractivity contribution in [3.05, 3.63) is 40.4 Å². The van der Waals surface area contributed by atoms with Gasteiger partial charge in [0.05, 0.1) is 0 Å². The summed E-state index contributed by atoms with van der Waals surface area (Å²) in [5.74, 6) is 0. The lowest BCUT2D eigenvalue weighted by Gasteiger charge is -1.99. The summed E-state index contributed by atoms with van der Waals surface area (Å²) in [6.45, 7) is 3.08. The zero-order chi connectivity index (χ0) is 7.56. The SMILES string of the molecule is Cc1ccc(Br)c([CH]O)c1. The molecular formula is C8H8BrO. The number of hydrogen-bond donors (Lipinski definition) is 1. The topological polar surface area (TPSA) is 20.2 Å². The maximum atomic E-state index is 8.69. The molecule has 10 heavy (non-hydrogen) atoms. The molecule has 0 heterocycles. The predicted octanol–water partition coefficient (Wildman–Crippen LogP) is 2.64. The van der Waals surface area contributed by atoms with Gasteiger partial charge >= 0.3 is 0 Å². The molecule has 2 heteroatoms. The van der Waals surface area contributed by atoms with Crippen LogP contribution in [0.3, 0.4) is 0 Å². The highest BCUT2D eigenvalue weighted by Crippen LogP contribution is 2.18. The third-order valence-electron chi connectivity index (χ3n) is 1.29. The van der Waals surface area contributed by atoms with Crippen LogP contribution >= 0.6 is 15.9 Å². The molecule has 0 amide bonds. The Hall–Kier alpha value is -0.340. The van der Waals surface area contributed by atoms with E-state index in [2.05, 4.69) is 15.9 Å². The highest BCUT2D eigenvalue weighted by atomic mass is 79.9. The quantitative estimate of drug-likeness (QED) is 0.738. The molecule has 0 aliphatic rings. The van der Waals surface area contributed by atoms with Gasteiger partial charge < -0.3 is 5.11 Å². The van der Waals surface area contributed by atoms with E-state index in [1.54, 1.807) is 0 Å². The van der Waals surface area contributed by atoms with Crippen molar-refractivity contribution in [1.29, 1.82) is 0 Å². The molecule has 0 atom stereocenters. The summed E-state index contributed by atoms with van der Waals surface area (Å²) in [6.07, 6.45) is 0. The fourth-order valence-corrected chi connectivity index (χ4v) is 1.11. The summed E-state index contributed by atoms with van der Waals surface area (Å²) < 4.78 is 0.917. The van der Waals surface area contributed by atoms with Gasteiger partial charge in [-0.2, -0.15) is 0 Å². The van der Waals surface area contributed by atoms with Crippen molar-refractivity contribution in [3.8, 4) is 0 Å². The third-order valence-corrected chi connectivity index (χ3v) is 2.01. The van der Waals surface area contributed by atoms with Crippen LogP contribution in [0.1, 0.15) is 11.1 Å². The molecule has 0 saturated carbocycles. The van der Waals surface area contributed by atoms with E-state index in [1.807, 2.05) is 25.1 Å². The minimum atomic E-state index is 0.819. The van der Waals surface area contributed by atoms with Gasteiger partial charge in [0.25, 0.3) is 0 Å². The van der Waals surface area contributed by atoms with Gasteiger partial charge in [0, 0.05) is 4.47 Å². The van der Waals surface area contributed by atoms with Crippen molar-refractivity contribution >= 4 is 15.9 Å². The zero-order valence-corrected chi connectivity index (χ0v) is 7.22. The standard InChI is InChI=1S/C8H8BrO/c1-6-2-3-8(9)7(4-6)5-10/h2-5,10H,1H3. The van der Waals surface area contributed by atoms with Crippen LogP contribution in [0, 0.1) is 13.5 Å². The van der Waals surface area contributed by atoms with Crippen LogP contribution in [0.2, 0.25) is 0 Å². The number of halogens is 1. The summed E-state index contributed by atoms with van der Waals surface area (Å²) >= 11 is 3.30. The van der Waals surface area contributed by atoms with Gasteiger partial charge in [0.1, 0.15) is 6.61 Å². The number of rotatable bonds is 1. The van der Waals surface area contributed by atoms with Crippen LogP contribution < -0.4 is 0 Å². The summed E-state index contributed by atoms with van der Waals surface area (Å²) in [5, 5.41) is 8.69. The molecule has 1 aromatic rings. The first-order valence-corrected chi connectivity index (χ1v) is 3.77. The minimum Gasteiger partial charge on any atom is -0.385 e. The largest absolute Gasteiger partial charge is 0.385 e. The van der Waals surface area contributed by atoms with Gasteiger partial charge in [-0.05, 0) is 18.6 Å². The van der Waals surface area contributed by atoms with Gasteiger partial charge in [0.2, 0.25) is 0 Å². The summed E-state index contributed by atoms with van der Waals surface area (Å²) in [6, 6.07) is 5.80. The number of aliphatic hydroxyl groups excluding tert-OH is 1. The molecule has 1 radical (unpaired) electrons. The van der Waals surface area contributed by atoms with E-state index >= 15 is 0 Å². The number of aliphatic hydroxyl groups is 1. The van der Waals surface area contributed by atoms with Crippen molar-refractivity contribution in [2.75, 3.05) is 0 Å². The third kappa shape index (κ3) is 1.58. The van der Waals surface area contributed by atoms with Crippen molar-refractivity contribution < 1.29 is 5.11 Å². The van der Waals surface area contributed by atoms with E-state index in [9.17, 15) is 0 Å². The molecule has 0 aliphatic heterocycles. The molecule has 0 unspecified atom stereocenters. The highest BCUT2D eigenvalue weighted by molar-refractivity contribution is 9.10. The molecule has 0 aromatic heterocycles. The van der Waals surface area contributed by atoms with Crippen LogP contribution in [0.5, 0.6) is 0 Å². The van der Waals surface area contributed by atoms with Crippen molar-refractivity contribution in [3.63, 3.8) is 0 Å². The Labute approximate surface area is 68.8 Å². The first kappa shape index (κ1) is 7.76. The molecule has 53 valence electrons. The van der Waals surface area contributed by atoms with Gasteiger partial charge in [0.15, 0.2) is 0 Å². The molecule has 1 nitrogen and oxygen atoms in total. The molecule has 1 rings (SSSR count). The molecule has 0 bridgehead atoms. The van der Waals surface area contributed by atoms with Crippen LogP contribution in [0.4, 0.5) is 0 Å². The highest BCUT2D eigenvalue weighted by Gasteiger charge is 1.96. The van der Waals surface area contributed by atoms with Crippen LogP contribution in [0.25, 0.3) is 0 Å². The van der Waals surface area contributed by atoms with Crippen LogP contribution in [-0.4, -0.2) is 5.11 Å². The average molecular weight is 200 g/mol. The molecule has 0 spiro atoms. The second-order valence-corrected chi connectivity index (χ2v) is 3.01. The van der Waals surface area contributed by atoms with E-state index in [-0.39, 0.29) is 0 Å². The Morgan fingerprint density at radius 3 is 2.70 bits per heavy atom. The van der Waals surface area contributed by atoms with E-state index in [4.69, 9.17) is 5.11 Å². The Bertz CT molecular complexity index is 233. The predicted molar refractivity (Wildman–Crippen MR) is 44.2 cm³/mol. The maximum absolute atomic E-state index is 8.69. The van der Waals surface area contributed by atoms with Crippen LogP contribution in [-0.2, 0) is 0 Å². The maximum Gasteiger partial charge on any atom is 0.110 e. The van der Waals surface area contributed by atoms with Gasteiger partial charge in [-0.3, -0.25) is 0 Å². The van der Waals surface area contributed by atoms with Crippen molar-refractivity contribution in [1.82, 2.24) is 0 Å². The molecule has 0 saturated heterocycles. The molecule has 1 N–H and O–H groups in total. The number of benzene rings is 1. The van der Waals surface area contributed by atoms with E-state index in [1.165, 1.54) is 0 Å². The summed E-state index contributed by atoms with van der Waals surface area (Å²) in [5.41, 5.74) is 1.96. The normalized spacial score (nSPS) is 9.90. The lowest BCUT2D eigenvalue weighted by atomic mass is 10.1. The second-order valence-electron chi connectivity index (χ2n) is 2.15. The monoisotopic (exact) mass is 199 g/mol. The van der Waals surface area contributed by atoms with E-state index < -0.39 is 0 Å². The molecular weight excluding hydrogens is 192 g/mol. The Kier molecular flexibility index (Phi) is 2.46. The molecule has 0 fully saturated rings. The lowest BCUT2D eigenvalue weighted by molar-refractivity contribution is 0.414. The first-order chi connectivity index (χ1) is 4.74. The van der Waals surface area contributed by atoms with Gasteiger partial charge in [-0.15, -0.1) is 0 Å². The molecule has 1 aromatic carbocycles. The Morgan fingerprint density at radius 1 is 1.50 bits per heavy atom. The number of hydrogen-bond acceptors (Lipinski definition) is 1. The summed E-state index contributed by atoms with van der Waals surface area (Å²) in [4.78, 5) is 0. The summed E-state index contributed by atoms with van der Waals surface area (Å²) in [7, 11) is 0. The fraction of sp³-hybridized carbons (Fsp3) is 0.125. The van der Waals surface area contributed by atoms with Gasteiger partial charge in [-0.1, -0.05) is 33.6 Å². The van der Waals surface area contributed by atoms with Gasteiger partial charge in [-0.25, -0.2) is 0 Å². The number of aryl methyl sites for hydroxylation is 1. The Balaban J connectivity index is 3.09. The Morgan fingerprint density at radius 2 is 2.20 bits per heavy atom. The lowest BCUT2D eigenvalue weighted by Crippen LogP contribution is -1.82. The van der Waals surface area contributed by atoms with Crippen molar-refractivity contribution in [2.24, 2.45) is 0 Å². The minimum absolute atomic E-state index is 0.819.